The van der Waals surface area contributed by atoms with Gasteiger partial charge < -0.3 is 5.32 Å². The zero-order chi connectivity index (χ0) is 15.2. The second kappa shape index (κ2) is 7.66. The minimum absolute atomic E-state index is 0.00357. The van der Waals surface area contributed by atoms with Crippen molar-refractivity contribution in [1.82, 2.24) is 10.0 Å². The Balaban J connectivity index is 2.40. The Bertz CT molecular complexity index is 533. The third kappa shape index (κ3) is 6.40. The second-order valence-electron chi connectivity index (χ2n) is 4.85. The molecule has 0 saturated heterocycles. The van der Waals surface area contributed by atoms with E-state index in [9.17, 15) is 17.2 Å². The molecule has 0 atom stereocenters. The number of benzene rings is 1. The maximum atomic E-state index is 13.0. The Morgan fingerprint density at radius 3 is 2.50 bits per heavy atom. The molecule has 0 saturated carbocycles. The fourth-order valence-electron chi connectivity index (χ4n) is 1.57. The van der Waals surface area contributed by atoms with E-state index in [-0.39, 0.29) is 12.3 Å². The van der Waals surface area contributed by atoms with Gasteiger partial charge >= 0.3 is 0 Å². The number of hydrogen-bond acceptors (Lipinski definition) is 3. The molecule has 7 heteroatoms. The highest BCUT2D eigenvalue weighted by atomic mass is 32.2. The molecule has 4 nitrogen and oxygen atoms in total. The predicted octanol–water partition coefficient (Wildman–Crippen LogP) is 1.77. The quantitative estimate of drug-likeness (QED) is 0.720. The van der Waals surface area contributed by atoms with Gasteiger partial charge in [-0.2, -0.15) is 0 Å². The third-order valence-electron chi connectivity index (χ3n) is 2.62. The van der Waals surface area contributed by atoms with Gasteiger partial charge in [0.15, 0.2) is 11.6 Å². The first kappa shape index (κ1) is 17.0. The number of nitrogens with one attached hydrogen (secondary N) is 2. The Kier molecular flexibility index (Phi) is 6.51. The zero-order valence-corrected chi connectivity index (χ0v) is 12.4. The molecule has 0 aliphatic rings. The molecular weight excluding hydrogens is 286 g/mol. The van der Waals surface area contributed by atoms with Gasteiger partial charge in [-0.05, 0) is 30.7 Å². The van der Waals surface area contributed by atoms with Gasteiger partial charge in [0.05, 0.1) is 5.75 Å². The maximum absolute atomic E-state index is 13.0. The Morgan fingerprint density at radius 2 is 1.90 bits per heavy atom. The summed E-state index contributed by atoms with van der Waals surface area (Å²) in [6.45, 7) is 4.53. The first-order valence-corrected chi connectivity index (χ1v) is 8.10. The average Bonchev–Trinajstić information content (AvgIpc) is 2.36. The Morgan fingerprint density at radius 1 is 1.20 bits per heavy atom. The van der Waals surface area contributed by atoms with Crippen molar-refractivity contribution in [3.05, 3.63) is 35.4 Å². The Hall–Kier alpha value is -1.05. The molecule has 2 N–H and O–H groups in total. The molecule has 0 heterocycles. The van der Waals surface area contributed by atoms with Crippen LogP contribution in [0.3, 0.4) is 0 Å². The average molecular weight is 306 g/mol. The van der Waals surface area contributed by atoms with Crippen LogP contribution in [0.4, 0.5) is 8.78 Å². The predicted molar refractivity (Wildman–Crippen MR) is 74.7 cm³/mol. The van der Waals surface area contributed by atoms with E-state index in [0.29, 0.717) is 24.6 Å². The molecule has 20 heavy (non-hydrogen) atoms. The van der Waals surface area contributed by atoms with E-state index in [4.69, 9.17) is 0 Å². The van der Waals surface area contributed by atoms with Crippen LogP contribution in [0.15, 0.2) is 18.2 Å². The van der Waals surface area contributed by atoms with E-state index < -0.39 is 21.7 Å². The van der Waals surface area contributed by atoms with Crippen LogP contribution in [-0.2, 0) is 16.6 Å². The van der Waals surface area contributed by atoms with Crippen molar-refractivity contribution in [3.8, 4) is 0 Å². The summed E-state index contributed by atoms with van der Waals surface area (Å²) in [6, 6.07) is 3.62. The highest BCUT2D eigenvalue weighted by Crippen LogP contribution is 2.08. The molecule has 0 aliphatic carbocycles. The van der Waals surface area contributed by atoms with Crippen LogP contribution in [0.1, 0.15) is 25.8 Å². The SMILES string of the molecule is CC(C)NCCCS(=O)(=O)NCc1ccc(F)c(F)c1. The van der Waals surface area contributed by atoms with Crippen molar-refractivity contribution in [1.29, 1.82) is 0 Å². The summed E-state index contributed by atoms with van der Waals surface area (Å²) in [6.07, 6.45) is 0.491. The monoisotopic (exact) mass is 306 g/mol. The number of sulfonamides is 1. The zero-order valence-electron chi connectivity index (χ0n) is 11.6. The van der Waals surface area contributed by atoms with E-state index in [2.05, 4.69) is 10.0 Å². The molecule has 0 aromatic heterocycles. The summed E-state index contributed by atoms with van der Waals surface area (Å²) in [7, 11) is -3.41. The lowest BCUT2D eigenvalue weighted by molar-refractivity contribution is 0.506. The van der Waals surface area contributed by atoms with Crippen LogP contribution in [0.5, 0.6) is 0 Å². The largest absolute Gasteiger partial charge is 0.314 e. The van der Waals surface area contributed by atoms with Crippen LogP contribution in [0.2, 0.25) is 0 Å². The van der Waals surface area contributed by atoms with Crippen molar-refractivity contribution in [3.63, 3.8) is 0 Å². The molecule has 1 rings (SSSR count). The lowest BCUT2D eigenvalue weighted by atomic mass is 10.2. The van der Waals surface area contributed by atoms with Gasteiger partial charge in [0.2, 0.25) is 10.0 Å². The van der Waals surface area contributed by atoms with E-state index in [1.54, 1.807) is 0 Å². The van der Waals surface area contributed by atoms with Gasteiger partial charge in [-0.1, -0.05) is 19.9 Å². The van der Waals surface area contributed by atoms with E-state index in [0.717, 1.165) is 12.1 Å². The molecule has 114 valence electrons. The summed E-state index contributed by atoms with van der Waals surface area (Å²) in [5, 5.41) is 3.12. The fraction of sp³-hybridized carbons (Fsp3) is 0.538. The summed E-state index contributed by atoms with van der Waals surface area (Å²) < 4.78 is 51.4. The van der Waals surface area contributed by atoms with Crippen molar-refractivity contribution in [2.45, 2.75) is 32.9 Å². The topological polar surface area (TPSA) is 58.2 Å². The van der Waals surface area contributed by atoms with Crippen LogP contribution in [-0.4, -0.2) is 26.8 Å². The minimum Gasteiger partial charge on any atom is -0.314 e. The molecule has 0 fully saturated rings. The third-order valence-corrected chi connectivity index (χ3v) is 4.03. The van der Waals surface area contributed by atoms with Gasteiger partial charge in [0.1, 0.15) is 0 Å². The highest BCUT2D eigenvalue weighted by Gasteiger charge is 2.10. The molecule has 0 bridgehead atoms. The molecule has 1 aromatic rings. The maximum Gasteiger partial charge on any atom is 0.211 e. The van der Waals surface area contributed by atoms with E-state index in [1.807, 2.05) is 13.8 Å². The van der Waals surface area contributed by atoms with E-state index >= 15 is 0 Å². The minimum atomic E-state index is -3.41. The number of halogens is 2. The summed E-state index contributed by atoms with van der Waals surface area (Å²) in [4.78, 5) is 0. The lowest BCUT2D eigenvalue weighted by Gasteiger charge is -2.09. The molecule has 0 spiro atoms. The molecule has 0 unspecified atom stereocenters. The van der Waals surface area contributed by atoms with Gasteiger partial charge in [0, 0.05) is 12.6 Å². The number of rotatable bonds is 8. The summed E-state index contributed by atoms with van der Waals surface area (Å²) >= 11 is 0. The molecule has 0 radical (unpaired) electrons. The molecule has 0 aliphatic heterocycles. The summed E-state index contributed by atoms with van der Waals surface area (Å²) in [5.74, 6) is -1.93. The standard InChI is InChI=1S/C13H20F2N2O2S/c1-10(2)16-6-3-7-20(18,19)17-9-11-4-5-12(14)13(15)8-11/h4-5,8,10,16-17H,3,6-7,9H2,1-2H3. The Labute approximate surface area is 118 Å². The molecule has 0 amide bonds. The van der Waals surface area contributed by atoms with Crippen molar-refractivity contribution >= 4 is 10.0 Å². The fourth-order valence-corrected chi connectivity index (χ4v) is 2.62. The number of hydrogen-bond donors (Lipinski definition) is 2. The van der Waals surface area contributed by atoms with Crippen molar-refractivity contribution in [2.75, 3.05) is 12.3 Å². The smallest absolute Gasteiger partial charge is 0.211 e. The normalized spacial score (nSPS) is 12.1. The van der Waals surface area contributed by atoms with Crippen molar-refractivity contribution in [2.24, 2.45) is 0 Å². The van der Waals surface area contributed by atoms with Gasteiger partial charge in [0.25, 0.3) is 0 Å². The lowest BCUT2D eigenvalue weighted by Crippen LogP contribution is -2.29. The van der Waals surface area contributed by atoms with Crippen LogP contribution >= 0.6 is 0 Å². The molecule has 1 aromatic carbocycles. The van der Waals surface area contributed by atoms with Gasteiger partial charge in [-0.25, -0.2) is 21.9 Å². The molecular formula is C13H20F2N2O2S. The first-order chi connectivity index (χ1) is 9.30. The van der Waals surface area contributed by atoms with Crippen molar-refractivity contribution < 1.29 is 17.2 Å². The second-order valence-corrected chi connectivity index (χ2v) is 6.78. The van der Waals surface area contributed by atoms with Crippen LogP contribution in [0, 0.1) is 11.6 Å². The van der Waals surface area contributed by atoms with Gasteiger partial charge in [-0.15, -0.1) is 0 Å². The first-order valence-electron chi connectivity index (χ1n) is 6.45. The van der Waals surface area contributed by atoms with Crippen LogP contribution < -0.4 is 10.0 Å². The van der Waals surface area contributed by atoms with Gasteiger partial charge in [-0.3, -0.25) is 0 Å². The van der Waals surface area contributed by atoms with Crippen LogP contribution in [0.25, 0.3) is 0 Å². The van der Waals surface area contributed by atoms with E-state index in [1.165, 1.54) is 6.07 Å². The highest BCUT2D eigenvalue weighted by molar-refractivity contribution is 7.89. The summed E-state index contributed by atoms with van der Waals surface area (Å²) in [5.41, 5.74) is 0.382.